The molecule has 0 aliphatic heterocycles. The third kappa shape index (κ3) is 11.3. The van der Waals surface area contributed by atoms with Crippen LogP contribution >= 0.6 is 0 Å². The number of benzene rings is 1. The summed E-state index contributed by atoms with van der Waals surface area (Å²) in [5.74, 6) is -4.44. The van der Waals surface area contributed by atoms with E-state index in [1.54, 1.807) is 30.3 Å². The van der Waals surface area contributed by atoms with Crippen LogP contribution in [0.15, 0.2) is 30.3 Å². The zero-order chi connectivity index (χ0) is 23.9. The molecule has 0 fully saturated rings. The Hall–Kier alpha value is -4.00. The first kappa shape index (κ1) is 26.0. The van der Waals surface area contributed by atoms with Crippen LogP contribution in [-0.2, 0) is 35.2 Å². The molecule has 0 aromatic heterocycles. The third-order valence-corrected chi connectivity index (χ3v) is 3.87. The minimum atomic E-state index is -1.23. The van der Waals surface area contributed by atoms with Crippen LogP contribution in [0.5, 0.6) is 0 Å². The zero-order valence-electron chi connectivity index (χ0n) is 17.2. The van der Waals surface area contributed by atoms with Gasteiger partial charge in [0.05, 0.1) is 26.2 Å². The van der Waals surface area contributed by atoms with Gasteiger partial charge >= 0.3 is 5.97 Å². The second kappa shape index (κ2) is 14.1. The maximum Gasteiger partial charge on any atom is 0.322 e. The van der Waals surface area contributed by atoms with Crippen LogP contribution in [0.25, 0.3) is 0 Å². The minimum Gasteiger partial charge on any atom is -0.480 e. The molecular weight excluding hydrogens is 424 g/mol. The maximum atomic E-state index is 12.5. The van der Waals surface area contributed by atoms with Crippen molar-refractivity contribution in [2.45, 2.75) is 12.5 Å². The molecule has 0 bridgehead atoms. The molecular formula is C19H26N6O7. The van der Waals surface area contributed by atoms with Crippen LogP contribution < -0.4 is 32.3 Å². The Bertz CT molecular complexity index is 831. The topological polar surface area (TPSA) is 209 Å². The number of carbonyl (C=O) groups is 6. The highest BCUT2D eigenvalue weighted by molar-refractivity contribution is 5.93. The number of hydrogen-bond donors (Lipinski definition) is 7. The summed E-state index contributed by atoms with van der Waals surface area (Å²) in [5, 5.41) is 20.0. The van der Waals surface area contributed by atoms with Crippen molar-refractivity contribution in [1.82, 2.24) is 26.6 Å². The van der Waals surface area contributed by atoms with Crippen LogP contribution in [0.3, 0.4) is 0 Å². The molecule has 174 valence electrons. The van der Waals surface area contributed by atoms with E-state index in [2.05, 4.69) is 26.6 Å². The molecule has 5 amide bonds. The van der Waals surface area contributed by atoms with Gasteiger partial charge in [0.15, 0.2) is 0 Å². The molecule has 0 saturated heterocycles. The number of nitrogens with one attached hydrogen (secondary N) is 5. The predicted molar refractivity (Wildman–Crippen MR) is 111 cm³/mol. The summed E-state index contributed by atoms with van der Waals surface area (Å²) in [4.78, 5) is 69.5. The number of hydrogen-bond acceptors (Lipinski definition) is 7. The Labute approximate surface area is 183 Å². The van der Waals surface area contributed by atoms with E-state index in [4.69, 9.17) is 10.8 Å². The number of amides is 5. The lowest BCUT2D eigenvalue weighted by Crippen LogP contribution is -2.52. The number of rotatable bonds is 13. The number of aliphatic carboxylic acids is 1. The quantitative estimate of drug-likeness (QED) is 0.158. The zero-order valence-corrected chi connectivity index (χ0v) is 17.2. The predicted octanol–water partition coefficient (Wildman–Crippen LogP) is -3.78. The van der Waals surface area contributed by atoms with E-state index >= 15 is 0 Å². The van der Waals surface area contributed by atoms with E-state index < -0.39 is 61.2 Å². The monoisotopic (exact) mass is 450 g/mol. The molecule has 13 nitrogen and oxygen atoms in total. The molecule has 0 saturated carbocycles. The van der Waals surface area contributed by atoms with Crippen molar-refractivity contribution in [3.8, 4) is 0 Å². The molecule has 0 radical (unpaired) electrons. The van der Waals surface area contributed by atoms with Gasteiger partial charge in [-0.2, -0.15) is 0 Å². The summed E-state index contributed by atoms with van der Waals surface area (Å²) in [6, 6.07) is 7.71. The minimum absolute atomic E-state index is 0.107. The normalized spacial score (nSPS) is 10.9. The Balaban J connectivity index is 2.62. The van der Waals surface area contributed by atoms with Crippen molar-refractivity contribution in [1.29, 1.82) is 0 Å². The Morgan fingerprint density at radius 1 is 0.750 bits per heavy atom. The molecule has 0 spiro atoms. The lowest BCUT2D eigenvalue weighted by Gasteiger charge is -2.19. The molecule has 0 unspecified atom stereocenters. The van der Waals surface area contributed by atoms with Crippen molar-refractivity contribution in [2.75, 3.05) is 32.7 Å². The van der Waals surface area contributed by atoms with Crippen molar-refractivity contribution in [3.63, 3.8) is 0 Å². The van der Waals surface area contributed by atoms with Crippen molar-refractivity contribution in [2.24, 2.45) is 5.73 Å². The van der Waals surface area contributed by atoms with E-state index in [0.717, 1.165) is 5.56 Å². The van der Waals surface area contributed by atoms with Crippen LogP contribution in [0.2, 0.25) is 0 Å². The fourth-order valence-electron chi connectivity index (χ4n) is 2.32. The SMILES string of the molecule is NCC(=O)NCC(=O)NCC(=O)N[C@@H](Cc1ccccc1)C(=O)NCC(=O)NCC(=O)O. The highest BCUT2D eigenvalue weighted by atomic mass is 16.4. The third-order valence-electron chi connectivity index (χ3n) is 3.87. The second-order valence-electron chi connectivity index (χ2n) is 6.46. The summed E-state index contributed by atoms with van der Waals surface area (Å²) in [6.07, 6.45) is 0.107. The molecule has 1 rings (SSSR count). The maximum absolute atomic E-state index is 12.5. The lowest BCUT2D eigenvalue weighted by atomic mass is 10.1. The highest BCUT2D eigenvalue weighted by Crippen LogP contribution is 2.03. The van der Waals surface area contributed by atoms with Crippen molar-refractivity contribution in [3.05, 3.63) is 35.9 Å². The van der Waals surface area contributed by atoms with E-state index in [0.29, 0.717) is 0 Å². The molecule has 32 heavy (non-hydrogen) atoms. The van der Waals surface area contributed by atoms with Crippen LogP contribution in [0, 0.1) is 0 Å². The van der Waals surface area contributed by atoms with E-state index in [1.165, 1.54) is 0 Å². The van der Waals surface area contributed by atoms with Gasteiger partial charge in [-0.05, 0) is 5.56 Å². The summed E-state index contributed by atoms with van der Waals surface area (Å²) in [6.45, 7) is -2.16. The number of carboxylic acids is 1. The van der Waals surface area contributed by atoms with Gasteiger partial charge in [-0.25, -0.2) is 0 Å². The van der Waals surface area contributed by atoms with E-state index in [9.17, 15) is 28.8 Å². The van der Waals surface area contributed by atoms with Gasteiger partial charge in [0, 0.05) is 6.42 Å². The van der Waals surface area contributed by atoms with Gasteiger partial charge in [-0.1, -0.05) is 30.3 Å². The highest BCUT2D eigenvalue weighted by Gasteiger charge is 2.22. The molecule has 13 heteroatoms. The average molecular weight is 450 g/mol. The number of nitrogens with two attached hydrogens (primary N) is 1. The fourth-order valence-corrected chi connectivity index (χ4v) is 2.32. The molecule has 1 aromatic rings. The van der Waals surface area contributed by atoms with Gasteiger partial charge in [-0.15, -0.1) is 0 Å². The first-order valence-corrected chi connectivity index (χ1v) is 9.54. The largest absolute Gasteiger partial charge is 0.480 e. The van der Waals surface area contributed by atoms with Gasteiger partial charge in [0.25, 0.3) is 0 Å². The molecule has 0 aliphatic rings. The lowest BCUT2D eigenvalue weighted by molar-refractivity contribution is -0.138. The molecule has 1 atom stereocenters. The Morgan fingerprint density at radius 3 is 1.88 bits per heavy atom. The Morgan fingerprint density at radius 2 is 1.28 bits per heavy atom. The standard InChI is InChI=1S/C19H26N6O7/c20-7-14(26)21-8-15(27)22-10-17(29)25-13(6-12-4-2-1-3-5-12)19(32)24-9-16(28)23-11-18(30)31/h1-5,13H,6-11,20H2,(H,21,26)(H,22,27)(H,23,28)(H,24,32)(H,25,29)(H,30,31)/t13-/m0/s1. The van der Waals surface area contributed by atoms with E-state index in [-0.39, 0.29) is 19.5 Å². The summed E-state index contributed by atoms with van der Waals surface area (Å²) < 4.78 is 0. The fraction of sp³-hybridized carbons (Fsp3) is 0.368. The Kier molecular flexibility index (Phi) is 11.5. The van der Waals surface area contributed by atoms with Crippen LogP contribution in [0.1, 0.15) is 5.56 Å². The van der Waals surface area contributed by atoms with Crippen molar-refractivity contribution < 1.29 is 33.9 Å². The van der Waals surface area contributed by atoms with Gasteiger partial charge in [0.1, 0.15) is 12.6 Å². The van der Waals surface area contributed by atoms with Gasteiger partial charge in [0.2, 0.25) is 29.5 Å². The van der Waals surface area contributed by atoms with Gasteiger partial charge in [-0.3, -0.25) is 28.8 Å². The van der Waals surface area contributed by atoms with Crippen LogP contribution in [-0.4, -0.2) is 79.4 Å². The smallest absolute Gasteiger partial charge is 0.322 e. The molecule has 1 aromatic carbocycles. The first-order valence-electron chi connectivity index (χ1n) is 9.54. The van der Waals surface area contributed by atoms with Crippen molar-refractivity contribution >= 4 is 35.5 Å². The van der Waals surface area contributed by atoms with E-state index in [1.807, 2.05) is 0 Å². The number of carboxylic acid groups (broad SMARTS) is 1. The molecule has 8 N–H and O–H groups in total. The summed E-state index contributed by atoms with van der Waals surface area (Å²) in [7, 11) is 0. The molecule has 0 aliphatic carbocycles. The molecule has 0 heterocycles. The second-order valence-corrected chi connectivity index (χ2v) is 6.46. The number of carbonyl (C=O) groups excluding carboxylic acids is 5. The summed E-state index contributed by atoms with van der Waals surface area (Å²) in [5.41, 5.74) is 5.84. The summed E-state index contributed by atoms with van der Waals surface area (Å²) >= 11 is 0. The average Bonchev–Trinajstić information content (AvgIpc) is 2.78. The first-order chi connectivity index (χ1) is 15.2. The van der Waals surface area contributed by atoms with Crippen LogP contribution in [0.4, 0.5) is 0 Å². The van der Waals surface area contributed by atoms with Gasteiger partial charge < -0.3 is 37.4 Å².